The fourth-order valence-corrected chi connectivity index (χ4v) is 5.90. The molecule has 1 aliphatic carbocycles. The van der Waals surface area contributed by atoms with Gasteiger partial charge < -0.3 is 15.4 Å². The fourth-order valence-electron chi connectivity index (χ4n) is 4.24. The van der Waals surface area contributed by atoms with E-state index in [1.165, 1.54) is 4.31 Å². The molecule has 3 aliphatic rings. The molecule has 1 spiro atoms. The quantitative estimate of drug-likeness (QED) is 0.823. The van der Waals surface area contributed by atoms with E-state index in [-0.39, 0.29) is 22.4 Å². The first-order valence-corrected chi connectivity index (χ1v) is 11.2. The second-order valence-corrected chi connectivity index (χ2v) is 9.70. The van der Waals surface area contributed by atoms with E-state index in [9.17, 15) is 13.2 Å². The number of nitrogens with zero attached hydrogens (tertiary/aromatic N) is 1. The molecule has 1 aromatic carbocycles. The Bertz CT molecular complexity index is 799. The van der Waals surface area contributed by atoms with Gasteiger partial charge in [-0.15, -0.1) is 0 Å². The number of carbonyl (C=O) groups excluding carboxylic acids is 1. The van der Waals surface area contributed by atoms with E-state index >= 15 is 0 Å². The second-order valence-electron chi connectivity index (χ2n) is 7.79. The molecule has 7 nitrogen and oxygen atoms in total. The number of ether oxygens (including phenoxy) is 1. The number of benzene rings is 1. The molecule has 0 radical (unpaired) electrons. The molecule has 2 heterocycles. The molecule has 0 bridgehead atoms. The summed E-state index contributed by atoms with van der Waals surface area (Å²) in [6.45, 7) is 2.57. The molecule has 1 atom stereocenters. The van der Waals surface area contributed by atoms with Crippen LogP contribution in [0.25, 0.3) is 0 Å². The largest absolute Gasteiger partial charge is 0.381 e. The lowest BCUT2D eigenvalue weighted by atomic mass is 9.96. The minimum Gasteiger partial charge on any atom is -0.381 e. The number of hydrogen-bond acceptors (Lipinski definition) is 4. The Labute approximate surface area is 160 Å². The maximum Gasteiger partial charge on any atom is 0.319 e. The molecule has 2 N–H and O–H groups in total. The monoisotopic (exact) mass is 393 g/mol. The Morgan fingerprint density at radius 2 is 1.81 bits per heavy atom. The number of para-hydroxylation sites is 1. The summed E-state index contributed by atoms with van der Waals surface area (Å²) in [5.74, 6) is 0. The van der Waals surface area contributed by atoms with Gasteiger partial charge in [-0.2, -0.15) is 4.31 Å². The van der Waals surface area contributed by atoms with Gasteiger partial charge in [0.25, 0.3) is 0 Å². The number of sulfonamides is 1. The van der Waals surface area contributed by atoms with Crippen LogP contribution in [0.15, 0.2) is 29.2 Å². The van der Waals surface area contributed by atoms with Crippen molar-refractivity contribution in [1.82, 2.24) is 9.62 Å². The number of piperidine rings is 1. The highest BCUT2D eigenvalue weighted by Gasteiger charge is 2.55. The van der Waals surface area contributed by atoms with Crippen LogP contribution in [0.3, 0.4) is 0 Å². The smallest absolute Gasteiger partial charge is 0.319 e. The van der Waals surface area contributed by atoms with Crippen molar-refractivity contribution in [1.29, 1.82) is 0 Å². The van der Waals surface area contributed by atoms with Crippen LogP contribution < -0.4 is 10.6 Å². The van der Waals surface area contributed by atoms with Gasteiger partial charge in [-0.05, 0) is 49.7 Å². The summed E-state index contributed by atoms with van der Waals surface area (Å²) in [7, 11) is -3.60. The number of anilines is 1. The molecule has 148 valence electrons. The van der Waals surface area contributed by atoms with Crippen LogP contribution in [-0.4, -0.2) is 51.1 Å². The minimum atomic E-state index is -3.60. The van der Waals surface area contributed by atoms with Gasteiger partial charge in [0.1, 0.15) is 4.90 Å². The highest BCUT2D eigenvalue weighted by molar-refractivity contribution is 7.89. The topological polar surface area (TPSA) is 87.7 Å². The summed E-state index contributed by atoms with van der Waals surface area (Å²) in [5, 5.41) is 5.77. The fraction of sp³-hybridized carbons (Fsp3) is 0.632. The van der Waals surface area contributed by atoms with Crippen LogP contribution >= 0.6 is 0 Å². The molecule has 2 aliphatic heterocycles. The van der Waals surface area contributed by atoms with E-state index in [1.54, 1.807) is 24.3 Å². The molecular formula is C19H27N3O4S. The van der Waals surface area contributed by atoms with Crippen molar-refractivity contribution < 1.29 is 17.9 Å². The first-order chi connectivity index (χ1) is 13.0. The number of rotatable bonds is 4. The average molecular weight is 394 g/mol. The first kappa shape index (κ1) is 18.7. The van der Waals surface area contributed by atoms with Gasteiger partial charge in [0.05, 0.1) is 5.69 Å². The van der Waals surface area contributed by atoms with E-state index < -0.39 is 10.0 Å². The first-order valence-electron chi connectivity index (χ1n) is 9.76. The van der Waals surface area contributed by atoms with Crippen molar-refractivity contribution in [2.75, 3.05) is 31.6 Å². The van der Waals surface area contributed by atoms with Gasteiger partial charge >= 0.3 is 6.03 Å². The second kappa shape index (κ2) is 7.41. The van der Waals surface area contributed by atoms with Crippen molar-refractivity contribution in [2.45, 2.75) is 49.5 Å². The molecule has 1 saturated carbocycles. The third kappa shape index (κ3) is 3.83. The van der Waals surface area contributed by atoms with Gasteiger partial charge in [0.15, 0.2) is 0 Å². The Morgan fingerprint density at radius 3 is 2.56 bits per heavy atom. The normalized spacial score (nSPS) is 25.1. The molecule has 8 heteroatoms. The van der Waals surface area contributed by atoms with Crippen molar-refractivity contribution in [3.8, 4) is 0 Å². The van der Waals surface area contributed by atoms with Gasteiger partial charge in [-0.25, -0.2) is 13.2 Å². The predicted octanol–water partition coefficient (Wildman–Crippen LogP) is 2.55. The third-order valence-electron chi connectivity index (χ3n) is 6.05. The Balaban J connectivity index is 1.44. The Hall–Kier alpha value is -1.64. The van der Waals surface area contributed by atoms with Crippen molar-refractivity contribution >= 4 is 21.7 Å². The van der Waals surface area contributed by atoms with Gasteiger partial charge in [-0.1, -0.05) is 18.6 Å². The summed E-state index contributed by atoms with van der Waals surface area (Å²) in [5.41, 5.74) is 0.511. The molecule has 4 rings (SSSR count). The zero-order valence-corrected chi connectivity index (χ0v) is 16.3. The highest BCUT2D eigenvalue weighted by atomic mass is 32.2. The zero-order valence-electron chi connectivity index (χ0n) is 15.4. The molecule has 0 aromatic heterocycles. The van der Waals surface area contributed by atoms with Crippen LogP contribution in [0.5, 0.6) is 0 Å². The standard InChI is InChI=1S/C19H27N3O4S/c23-18(21-17-14-19(17)8-12-26-13-9-19)20-15-6-2-3-7-16(15)27(24,25)22-10-4-1-5-11-22/h2-3,6-7,17H,1,4-5,8-14H2,(H2,20,21,23). The maximum atomic E-state index is 13.0. The van der Waals surface area contributed by atoms with Crippen LogP contribution in [0.2, 0.25) is 0 Å². The molecule has 27 heavy (non-hydrogen) atoms. The van der Waals surface area contributed by atoms with Crippen LogP contribution in [0, 0.1) is 5.41 Å². The number of urea groups is 1. The number of carbonyl (C=O) groups is 1. The predicted molar refractivity (Wildman–Crippen MR) is 102 cm³/mol. The average Bonchev–Trinajstić information content (AvgIpc) is 3.33. The van der Waals surface area contributed by atoms with Crippen molar-refractivity contribution in [3.05, 3.63) is 24.3 Å². The lowest BCUT2D eigenvalue weighted by Gasteiger charge is -2.27. The number of hydrogen-bond donors (Lipinski definition) is 2. The summed E-state index contributed by atoms with van der Waals surface area (Å²) in [6.07, 6.45) is 5.72. The summed E-state index contributed by atoms with van der Waals surface area (Å²) >= 11 is 0. The SMILES string of the molecule is O=C(Nc1ccccc1S(=O)(=O)N1CCCCC1)NC1CC12CCOCC2. The van der Waals surface area contributed by atoms with E-state index in [4.69, 9.17) is 4.74 Å². The molecule has 1 aromatic rings. The Morgan fingerprint density at radius 1 is 1.11 bits per heavy atom. The zero-order chi connectivity index (χ0) is 18.9. The van der Waals surface area contributed by atoms with Crippen molar-refractivity contribution in [3.63, 3.8) is 0 Å². The molecule has 3 fully saturated rings. The van der Waals surface area contributed by atoms with Gasteiger partial charge in [0, 0.05) is 32.3 Å². The van der Waals surface area contributed by atoms with E-state index in [2.05, 4.69) is 10.6 Å². The molecule has 1 unspecified atom stereocenters. The number of nitrogens with one attached hydrogen (secondary N) is 2. The van der Waals surface area contributed by atoms with Gasteiger partial charge in [-0.3, -0.25) is 0 Å². The van der Waals surface area contributed by atoms with Crippen LogP contribution in [0.4, 0.5) is 10.5 Å². The summed E-state index contributed by atoms with van der Waals surface area (Å²) in [6, 6.07) is 6.45. The van der Waals surface area contributed by atoms with E-state index in [1.807, 2.05) is 0 Å². The highest BCUT2D eigenvalue weighted by Crippen LogP contribution is 2.53. The van der Waals surface area contributed by atoms with Crippen molar-refractivity contribution in [2.24, 2.45) is 5.41 Å². The Kier molecular flexibility index (Phi) is 5.13. The van der Waals surface area contributed by atoms with Crippen LogP contribution in [-0.2, 0) is 14.8 Å². The number of amides is 2. The molecular weight excluding hydrogens is 366 g/mol. The van der Waals surface area contributed by atoms with E-state index in [0.717, 1.165) is 51.7 Å². The maximum absolute atomic E-state index is 13.0. The third-order valence-corrected chi connectivity index (χ3v) is 8.01. The van der Waals surface area contributed by atoms with E-state index in [0.29, 0.717) is 18.8 Å². The lowest BCUT2D eigenvalue weighted by molar-refractivity contribution is 0.0548. The summed E-state index contributed by atoms with van der Waals surface area (Å²) in [4.78, 5) is 12.6. The summed E-state index contributed by atoms with van der Waals surface area (Å²) < 4.78 is 32.9. The molecule has 2 saturated heterocycles. The lowest BCUT2D eigenvalue weighted by Crippen LogP contribution is -2.37. The molecule has 2 amide bonds. The van der Waals surface area contributed by atoms with Crippen LogP contribution in [0.1, 0.15) is 38.5 Å². The van der Waals surface area contributed by atoms with Gasteiger partial charge in [0.2, 0.25) is 10.0 Å². The minimum absolute atomic E-state index is 0.146.